The van der Waals surface area contributed by atoms with Crippen molar-refractivity contribution in [2.45, 2.75) is 38.6 Å². The van der Waals surface area contributed by atoms with Crippen LogP contribution in [0.1, 0.15) is 37.7 Å². The van der Waals surface area contributed by atoms with Gasteiger partial charge in [-0.2, -0.15) is 0 Å². The third-order valence-electron chi connectivity index (χ3n) is 5.24. The van der Waals surface area contributed by atoms with E-state index in [-0.39, 0.29) is 11.8 Å². The molecule has 0 spiro atoms. The number of benzene rings is 1. The van der Waals surface area contributed by atoms with E-state index in [9.17, 15) is 9.59 Å². The summed E-state index contributed by atoms with van der Waals surface area (Å²) in [5.74, 6) is 0.133. The van der Waals surface area contributed by atoms with Gasteiger partial charge in [-0.05, 0) is 31.2 Å². The minimum atomic E-state index is -0.575. The van der Waals surface area contributed by atoms with E-state index in [2.05, 4.69) is 11.4 Å². The average molecular weight is 342 g/mol. The molecule has 2 aliphatic rings. The number of ether oxygens (including phenoxy) is 1. The second-order valence-corrected chi connectivity index (χ2v) is 6.77. The summed E-state index contributed by atoms with van der Waals surface area (Å²) in [6.07, 6.45) is 5.80. The molecular formula is C20H26N2O3. The van der Waals surface area contributed by atoms with Crippen molar-refractivity contribution >= 4 is 11.8 Å². The van der Waals surface area contributed by atoms with Gasteiger partial charge in [0.05, 0.1) is 12.0 Å². The number of allylic oxidation sites excluding steroid dienone is 1. The number of hydrogen-bond donors (Lipinski definition) is 1. The third kappa shape index (κ3) is 3.61. The number of nitrogens with one attached hydrogen (secondary N) is 1. The molecule has 1 N–H and O–H groups in total. The predicted molar refractivity (Wildman–Crippen MR) is 95.5 cm³/mol. The van der Waals surface area contributed by atoms with Gasteiger partial charge in [0.15, 0.2) is 0 Å². The highest BCUT2D eigenvalue weighted by atomic mass is 16.5. The van der Waals surface area contributed by atoms with Gasteiger partial charge in [-0.3, -0.25) is 9.59 Å². The summed E-state index contributed by atoms with van der Waals surface area (Å²) >= 11 is 0. The molecule has 1 fully saturated rings. The molecular weight excluding hydrogens is 316 g/mol. The van der Waals surface area contributed by atoms with Crippen LogP contribution in [0.2, 0.25) is 0 Å². The summed E-state index contributed by atoms with van der Waals surface area (Å²) < 4.78 is 5.15. The van der Waals surface area contributed by atoms with Gasteiger partial charge in [-0.1, -0.05) is 36.4 Å². The lowest BCUT2D eigenvalue weighted by molar-refractivity contribution is -0.141. The molecule has 0 aromatic heterocycles. The number of likely N-dealkylation sites (tertiary alicyclic amines) is 1. The lowest BCUT2D eigenvalue weighted by Crippen LogP contribution is -2.53. The van der Waals surface area contributed by atoms with Crippen molar-refractivity contribution in [3.8, 4) is 0 Å². The van der Waals surface area contributed by atoms with Gasteiger partial charge in [-0.25, -0.2) is 0 Å². The van der Waals surface area contributed by atoms with Gasteiger partial charge in [0.2, 0.25) is 11.8 Å². The molecule has 1 heterocycles. The minimum absolute atomic E-state index is 0.0391. The fraction of sp³-hybridized carbons (Fsp3) is 0.500. The van der Waals surface area contributed by atoms with E-state index in [1.54, 1.807) is 12.0 Å². The third-order valence-corrected chi connectivity index (χ3v) is 5.24. The Balaban J connectivity index is 1.78. The summed E-state index contributed by atoms with van der Waals surface area (Å²) in [4.78, 5) is 27.3. The Morgan fingerprint density at radius 2 is 2.08 bits per heavy atom. The van der Waals surface area contributed by atoms with Crippen LogP contribution in [0.5, 0.6) is 0 Å². The van der Waals surface area contributed by atoms with E-state index in [0.717, 1.165) is 30.5 Å². The number of piperidine rings is 1. The summed E-state index contributed by atoms with van der Waals surface area (Å²) in [6, 6.07) is 9.91. The Labute approximate surface area is 149 Å². The molecule has 1 atom stereocenters. The van der Waals surface area contributed by atoms with Crippen LogP contribution in [-0.2, 0) is 20.9 Å². The maximum atomic E-state index is 13.1. The lowest BCUT2D eigenvalue weighted by Gasteiger charge is -2.46. The van der Waals surface area contributed by atoms with Crippen molar-refractivity contribution in [1.82, 2.24) is 10.2 Å². The number of rotatable bonds is 6. The quantitative estimate of drug-likeness (QED) is 0.864. The van der Waals surface area contributed by atoms with E-state index >= 15 is 0 Å². The zero-order valence-corrected chi connectivity index (χ0v) is 14.8. The number of fused-ring (bicyclic) bond motifs is 1. The Kier molecular flexibility index (Phi) is 5.53. The van der Waals surface area contributed by atoms with Crippen LogP contribution < -0.4 is 5.32 Å². The smallest absolute Gasteiger partial charge is 0.232 e. The molecule has 1 saturated heterocycles. The second kappa shape index (κ2) is 7.83. The summed E-state index contributed by atoms with van der Waals surface area (Å²) in [5, 5.41) is 3.10. The molecule has 3 rings (SSSR count). The van der Waals surface area contributed by atoms with Crippen molar-refractivity contribution in [2.24, 2.45) is 5.41 Å². The van der Waals surface area contributed by atoms with Crippen LogP contribution in [0.4, 0.5) is 0 Å². The molecule has 0 bridgehead atoms. The topological polar surface area (TPSA) is 58.6 Å². The van der Waals surface area contributed by atoms with Gasteiger partial charge in [0, 0.05) is 32.3 Å². The monoisotopic (exact) mass is 342 g/mol. The first-order valence-corrected chi connectivity index (χ1v) is 8.99. The van der Waals surface area contributed by atoms with Gasteiger partial charge in [-0.15, -0.1) is 0 Å². The summed E-state index contributed by atoms with van der Waals surface area (Å²) in [5.41, 5.74) is 1.39. The largest absolute Gasteiger partial charge is 0.383 e. The van der Waals surface area contributed by atoms with Gasteiger partial charge in [0.25, 0.3) is 0 Å². The van der Waals surface area contributed by atoms with Gasteiger partial charge >= 0.3 is 0 Å². The maximum Gasteiger partial charge on any atom is 0.232 e. The first-order valence-electron chi connectivity index (χ1n) is 8.99. The van der Waals surface area contributed by atoms with Crippen LogP contribution in [0.3, 0.4) is 0 Å². The number of amides is 2. The first-order chi connectivity index (χ1) is 12.2. The van der Waals surface area contributed by atoms with E-state index < -0.39 is 5.41 Å². The van der Waals surface area contributed by atoms with Crippen LogP contribution in [0, 0.1) is 5.41 Å². The van der Waals surface area contributed by atoms with Gasteiger partial charge in [0.1, 0.15) is 0 Å². The van der Waals surface area contributed by atoms with Crippen molar-refractivity contribution in [3.63, 3.8) is 0 Å². The molecule has 1 aromatic rings. The number of carbonyl (C=O) groups is 2. The first kappa shape index (κ1) is 17.7. The minimum Gasteiger partial charge on any atom is -0.383 e. The highest BCUT2D eigenvalue weighted by molar-refractivity contribution is 5.91. The number of methoxy groups -OCH3 is 1. The van der Waals surface area contributed by atoms with Gasteiger partial charge < -0.3 is 15.0 Å². The molecule has 2 amide bonds. The van der Waals surface area contributed by atoms with Crippen LogP contribution >= 0.6 is 0 Å². The Bertz CT molecular complexity index is 656. The Morgan fingerprint density at radius 3 is 2.84 bits per heavy atom. The fourth-order valence-electron chi connectivity index (χ4n) is 3.90. The molecule has 5 nitrogen and oxygen atoms in total. The Hall–Kier alpha value is -2.14. The highest BCUT2D eigenvalue weighted by Crippen LogP contribution is 2.46. The number of nitrogens with zero attached hydrogens (tertiary/aromatic N) is 1. The molecule has 1 aromatic carbocycles. The average Bonchev–Trinajstić information content (AvgIpc) is 2.66. The second-order valence-electron chi connectivity index (χ2n) is 6.77. The predicted octanol–water partition coefficient (Wildman–Crippen LogP) is 2.63. The SMILES string of the molecule is COCCN1C(=O)CCC2(C(=O)NCc3ccccc3)CCCC=C12. The number of carbonyl (C=O) groups excluding carboxylic acids is 2. The van der Waals surface area contributed by atoms with Crippen LogP contribution in [0.25, 0.3) is 0 Å². The molecule has 0 radical (unpaired) electrons. The van der Waals surface area contributed by atoms with Crippen LogP contribution in [0.15, 0.2) is 42.1 Å². The molecule has 1 aliphatic carbocycles. The van der Waals surface area contributed by atoms with Crippen molar-refractivity contribution in [2.75, 3.05) is 20.3 Å². The van der Waals surface area contributed by atoms with E-state index in [1.807, 2.05) is 30.3 Å². The van der Waals surface area contributed by atoms with Crippen molar-refractivity contribution in [1.29, 1.82) is 0 Å². The molecule has 1 aliphatic heterocycles. The molecule has 1 unspecified atom stereocenters. The zero-order valence-electron chi connectivity index (χ0n) is 14.8. The molecule has 5 heteroatoms. The standard InChI is InChI=1S/C20H26N2O3/c1-25-14-13-22-17-9-5-6-11-20(17,12-10-18(22)23)19(24)21-15-16-7-3-2-4-8-16/h2-4,7-9H,5-6,10-15H2,1H3,(H,21,24). The van der Waals surface area contributed by atoms with E-state index in [1.165, 1.54) is 0 Å². The maximum absolute atomic E-state index is 13.1. The molecule has 25 heavy (non-hydrogen) atoms. The fourth-order valence-corrected chi connectivity index (χ4v) is 3.90. The van der Waals surface area contributed by atoms with E-state index in [0.29, 0.717) is 32.5 Å². The van der Waals surface area contributed by atoms with Crippen molar-refractivity contribution in [3.05, 3.63) is 47.7 Å². The summed E-state index contributed by atoms with van der Waals surface area (Å²) in [6.45, 7) is 1.50. The highest BCUT2D eigenvalue weighted by Gasteiger charge is 2.49. The molecule has 134 valence electrons. The van der Waals surface area contributed by atoms with Crippen LogP contribution in [-0.4, -0.2) is 37.0 Å². The number of hydrogen-bond acceptors (Lipinski definition) is 3. The lowest BCUT2D eigenvalue weighted by atomic mass is 9.69. The Morgan fingerprint density at radius 1 is 1.28 bits per heavy atom. The van der Waals surface area contributed by atoms with Crippen molar-refractivity contribution < 1.29 is 14.3 Å². The zero-order chi connectivity index (χ0) is 17.7. The summed E-state index contributed by atoms with van der Waals surface area (Å²) in [7, 11) is 1.63. The normalized spacial score (nSPS) is 23.0. The van der Waals surface area contributed by atoms with E-state index in [4.69, 9.17) is 4.74 Å². The molecule has 0 saturated carbocycles.